The first-order chi connectivity index (χ1) is 19.8. The Morgan fingerprint density at radius 2 is 1.33 bits per heavy atom. The minimum Gasteiger partial charge on any atom is -0.459 e. The van der Waals surface area contributed by atoms with E-state index in [1.165, 1.54) is 6.42 Å². The third-order valence-corrected chi connectivity index (χ3v) is 7.25. The van der Waals surface area contributed by atoms with Gasteiger partial charge in [0.15, 0.2) is 17.4 Å². The molecule has 0 atom stereocenters. The number of benzene rings is 3. The van der Waals surface area contributed by atoms with E-state index >= 15 is 0 Å². The Hall–Kier alpha value is -3.63. The number of allylic oxidation sites excluding steroid dienone is 1. The smallest absolute Gasteiger partial charge is 0.432 e. The maximum absolute atomic E-state index is 14.9. The molecule has 0 saturated heterocycles. The average molecular weight is 619 g/mol. The summed E-state index contributed by atoms with van der Waals surface area (Å²) < 4.78 is 133. The van der Waals surface area contributed by atoms with Gasteiger partial charge >= 0.3 is 12.3 Å². The number of hydrogen-bond donors (Lipinski definition) is 0. The number of halogens is 9. The van der Waals surface area contributed by atoms with Crippen molar-refractivity contribution in [3.8, 4) is 22.6 Å². The maximum atomic E-state index is 14.9. The van der Waals surface area contributed by atoms with Gasteiger partial charge in [-0.25, -0.2) is 17.6 Å². The molecule has 3 aromatic carbocycles. The standard InChI is InChI=1S/C31H27F9O2.CH4/c1-2-3-18-4-6-19(7-5-18)20-8-10-21(11-9-20)22-14-24(32)28(25(33)15-22)31(39,40)42-23-16-26(34)29(27(35)17-23)41-13-12-30(36,37)38;/h8-19H,2-7H2,1H3;1H4/b13-12-;. The van der Waals surface area contributed by atoms with Crippen LogP contribution in [-0.2, 0) is 6.11 Å². The molecule has 1 aliphatic carbocycles. The minimum absolute atomic E-state index is 0. The number of hydrogen-bond acceptors (Lipinski definition) is 2. The highest BCUT2D eigenvalue weighted by atomic mass is 19.4. The summed E-state index contributed by atoms with van der Waals surface area (Å²) >= 11 is 0. The summed E-state index contributed by atoms with van der Waals surface area (Å²) in [6.07, 6.45) is -3.29. The summed E-state index contributed by atoms with van der Waals surface area (Å²) in [5.41, 5.74) is -0.307. The van der Waals surface area contributed by atoms with Gasteiger partial charge in [-0.15, -0.1) is 0 Å². The molecule has 1 saturated carbocycles. The molecule has 2 nitrogen and oxygen atoms in total. The van der Waals surface area contributed by atoms with Crippen molar-refractivity contribution in [2.24, 2.45) is 5.92 Å². The molecule has 1 fully saturated rings. The molecule has 3 aromatic rings. The van der Waals surface area contributed by atoms with E-state index in [2.05, 4.69) is 16.4 Å². The number of rotatable bonds is 9. The SMILES string of the molecule is C.CCCC1CCC(c2ccc(-c3cc(F)c(C(F)(F)Oc4cc(F)c(O/C=C\C(F)(F)F)c(F)c4)c(F)c3)cc2)CC1. The minimum atomic E-state index is -4.83. The first kappa shape index (κ1) is 33.9. The van der Waals surface area contributed by atoms with Crippen LogP contribution in [0, 0.1) is 29.2 Å². The number of ether oxygens (including phenoxy) is 2. The van der Waals surface area contributed by atoms with E-state index in [-0.39, 0.29) is 31.4 Å². The third-order valence-electron chi connectivity index (χ3n) is 7.25. The van der Waals surface area contributed by atoms with Gasteiger partial charge in [-0.3, -0.25) is 0 Å². The Morgan fingerprint density at radius 3 is 1.84 bits per heavy atom. The van der Waals surface area contributed by atoms with Gasteiger partial charge in [0.05, 0.1) is 12.3 Å². The Balaban J connectivity index is 0.00000506. The van der Waals surface area contributed by atoms with Crippen LogP contribution in [0.25, 0.3) is 11.1 Å². The Morgan fingerprint density at radius 1 is 0.767 bits per heavy atom. The highest BCUT2D eigenvalue weighted by Gasteiger charge is 2.41. The molecule has 0 N–H and O–H groups in total. The zero-order valence-corrected chi connectivity index (χ0v) is 22.4. The second-order valence-corrected chi connectivity index (χ2v) is 10.2. The monoisotopic (exact) mass is 618 g/mol. The van der Waals surface area contributed by atoms with E-state index in [1.807, 2.05) is 12.1 Å². The fourth-order valence-corrected chi connectivity index (χ4v) is 5.24. The van der Waals surface area contributed by atoms with Crippen molar-refractivity contribution in [3.63, 3.8) is 0 Å². The van der Waals surface area contributed by atoms with Gasteiger partial charge in [0.1, 0.15) is 22.9 Å². The summed E-state index contributed by atoms with van der Waals surface area (Å²) in [5, 5.41) is 0. The molecule has 43 heavy (non-hydrogen) atoms. The van der Waals surface area contributed by atoms with E-state index in [1.54, 1.807) is 12.1 Å². The largest absolute Gasteiger partial charge is 0.459 e. The van der Waals surface area contributed by atoms with Gasteiger partial charge < -0.3 is 9.47 Å². The zero-order chi connectivity index (χ0) is 30.7. The van der Waals surface area contributed by atoms with Crippen LogP contribution in [0.4, 0.5) is 39.5 Å². The van der Waals surface area contributed by atoms with Crippen molar-refractivity contribution in [2.75, 3.05) is 0 Å². The van der Waals surface area contributed by atoms with Gasteiger partial charge in [0.25, 0.3) is 0 Å². The van der Waals surface area contributed by atoms with Crippen molar-refractivity contribution >= 4 is 0 Å². The highest BCUT2D eigenvalue weighted by Crippen LogP contribution is 2.40. The fraction of sp³-hybridized carbons (Fsp3) is 0.375. The summed E-state index contributed by atoms with van der Waals surface area (Å²) in [5.74, 6) is -8.11. The lowest BCUT2D eigenvalue weighted by atomic mass is 9.77. The van der Waals surface area contributed by atoms with Gasteiger partial charge in [0, 0.05) is 12.1 Å². The van der Waals surface area contributed by atoms with Crippen molar-refractivity contribution in [2.45, 2.75) is 71.1 Å². The molecular formula is C32H31F9O2. The van der Waals surface area contributed by atoms with Crippen molar-refractivity contribution < 1.29 is 49.0 Å². The summed E-state index contributed by atoms with van der Waals surface area (Å²) in [4.78, 5) is 0. The molecule has 0 bridgehead atoms. The van der Waals surface area contributed by atoms with Gasteiger partial charge in [-0.05, 0) is 66.3 Å². The maximum Gasteiger partial charge on any atom is 0.432 e. The van der Waals surface area contributed by atoms with Crippen LogP contribution in [0.5, 0.6) is 11.5 Å². The second-order valence-electron chi connectivity index (χ2n) is 10.2. The molecule has 0 radical (unpaired) electrons. The molecule has 4 rings (SSSR count). The molecule has 1 aliphatic rings. The Bertz CT molecular complexity index is 1360. The van der Waals surface area contributed by atoms with Crippen molar-refractivity contribution in [3.05, 3.63) is 95.3 Å². The summed E-state index contributed by atoms with van der Waals surface area (Å²) in [6, 6.07) is 8.79. The third kappa shape index (κ3) is 8.48. The quantitative estimate of drug-likeness (QED) is 0.175. The molecule has 0 spiro atoms. The zero-order valence-electron chi connectivity index (χ0n) is 22.4. The molecule has 0 heterocycles. The van der Waals surface area contributed by atoms with Crippen LogP contribution < -0.4 is 9.47 Å². The molecule has 11 heteroatoms. The lowest BCUT2D eigenvalue weighted by Gasteiger charge is -2.28. The number of alkyl halides is 5. The first-order valence-electron chi connectivity index (χ1n) is 13.3. The summed E-state index contributed by atoms with van der Waals surface area (Å²) in [6.45, 7) is 2.17. The Kier molecular flexibility index (Phi) is 10.8. The van der Waals surface area contributed by atoms with E-state index in [9.17, 15) is 39.5 Å². The van der Waals surface area contributed by atoms with Crippen LogP contribution in [0.2, 0.25) is 0 Å². The topological polar surface area (TPSA) is 18.5 Å². The van der Waals surface area contributed by atoms with Gasteiger partial charge in [-0.1, -0.05) is 51.5 Å². The molecular weight excluding hydrogens is 587 g/mol. The van der Waals surface area contributed by atoms with E-state index in [0.29, 0.717) is 23.6 Å². The van der Waals surface area contributed by atoms with Gasteiger partial charge in [-0.2, -0.15) is 22.0 Å². The predicted molar refractivity (Wildman–Crippen MR) is 145 cm³/mol. The lowest BCUT2D eigenvalue weighted by molar-refractivity contribution is -0.189. The molecule has 0 aliphatic heterocycles. The van der Waals surface area contributed by atoms with Crippen LogP contribution in [0.15, 0.2) is 60.9 Å². The highest BCUT2D eigenvalue weighted by molar-refractivity contribution is 5.64. The molecule has 0 unspecified atom stereocenters. The van der Waals surface area contributed by atoms with Crippen molar-refractivity contribution in [1.29, 1.82) is 0 Å². The van der Waals surface area contributed by atoms with E-state index in [4.69, 9.17) is 0 Å². The van der Waals surface area contributed by atoms with E-state index < -0.39 is 58.7 Å². The molecule has 234 valence electrons. The molecule has 0 amide bonds. The fourth-order valence-electron chi connectivity index (χ4n) is 5.24. The van der Waals surface area contributed by atoms with Crippen LogP contribution in [0.3, 0.4) is 0 Å². The first-order valence-corrected chi connectivity index (χ1v) is 13.3. The summed E-state index contributed by atoms with van der Waals surface area (Å²) in [7, 11) is 0. The Labute approximate surface area is 244 Å². The van der Waals surface area contributed by atoms with Crippen LogP contribution >= 0.6 is 0 Å². The van der Waals surface area contributed by atoms with Gasteiger partial charge in [0.2, 0.25) is 0 Å². The lowest BCUT2D eigenvalue weighted by Crippen LogP contribution is -2.25. The second kappa shape index (κ2) is 13.8. The van der Waals surface area contributed by atoms with Crippen LogP contribution in [-0.4, -0.2) is 6.18 Å². The predicted octanol–water partition coefficient (Wildman–Crippen LogP) is 11.2. The average Bonchev–Trinajstić information content (AvgIpc) is 2.89. The molecule has 0 aromatic heterocycles. The van der Waals surface area contributed by atoms with E-state index in [0.717, 1.165) is 43.6 Å². The normalized spacial score (nSPS) is 17.5. The van der Waals surface area contributed by atoms with Crippen LogP contribution in [0.1, 0.15) is 69.9 Å². The van der Waals surface area contributed by atoms with Crippen molar-refractivity contribution in [1.82, 2.24) is 0 Å².